The van der Waals surface area contributed by atoms with Crippen molar-refractivity contribution in [2.75, 3.05) is 0 Å². The molecule has 110 valence electrons. The number of nitrogens with zero attached hydrogens (tertiary/aromatic N) is 1. The second-order valence-corrected chi connectivity index (χ2v) is 4.69. The van der Waals surface area contributed by atoms with Gasteiger partial charge in [-0.1, -0.05) is 31.9 Å². The number of benzene rings is 1. The van der Waals surface area contributed by atoms with Crippen molar-refractivity contribution in [3.63, 3.8) is 0 Å². The van der Waals surface area contributed by atoms with Crippen LogP contribution in [0.2, 0.25) is 0 Å². The molecule has 5 nitrogen and oxygen atoms in total. The van der Waals surface area contributed by atoms with Crippen molar-refractivity contribution in [1.82, 2.24) is 5.32 Å². The minimum absolute atomic E-state index is 0.0152. The number of non-ortho nitro benzene ring substituents is 1. The van der Waals surface area contributed by atoms with Crippen LogP contribution in [0.5, 0.6) is 0 Å². The van der Waals surface area contributed by atoms with Gasteiger partial charge in [-0.25, -0.2) is 4.39 Å². The minimum atomic E-state index is -1.50. The minimum Gasteiger partial charge on any atom is -0.347 e. The number of amides is 1. The molecule has 6 heteroatoms. The van der Waals surface area contributed by atoms with Crippen molar-refractivity contribution in [2.45, 2.75) is 45.3 Å². The Hall–Kier alpha value is -1.98. The Labute approximate surface area is 117 Å². The molecule has 0 unspecified atom stereocenters. The fourth-order valence-electron chi connectivity index (χ4n) is 1.79. The van der Waals surface area contributed by atoms with E-state index < -0.39 is 17.0 Å². The van der Waals surface area contributed by atoms with Gasteiger partial charge in [-0.3, -0.25) is 14.9 Å². The van der Waals surface area contributed by atoms with E-state index in [4.69, 9.17) is 0 Å². The van der Waals surface area contributed by atoms with E-state index in [1.807, 2.05) is 6.92 Å². The van der Waals surface area contributed by atoms with E-state index >= 15 is 0 Å². The zero-order valence-electron chi connectivity index (χ0n) is 11.6. The van der Waals surface area contributed by atoms with Crippen LogP contribution in [0.25, 0.3) is 0 Å². The number of halogens is 1. The first-order valence-corrected chi connectivity index (χ1v) is 6.64. The topological polar surface area (TPSA) is 72.2 Å². The van der Waals surface area contributed by atoms with E-state index in [2.05, 4.69) is 5.32 Å². The molecular formula is C14H19FN2O3. The molecule has 0 saturated carbocycles. The number of nitro benzene ring substituents is 1. The molecule has 0 spiro atoms. The predicted octanol–water partition coefficient (Wildman–Crippen LogP) is 3.30. The number of hydrogen-bond acceptors (Lipinski definition) is 3. The summed E-state index contributed by atoms with van der Waals surface area (Å²) in [6, 6.07) is 5.46. The van der Waals surface area contributed by atoms with Crippen molar-refractivity contribution in [1.29, 1.82) is 0 Å². The molecule has 1 aromatic carbocycles. The first-order valence-electron chi connectivity index (χ1n) is 6.64. The Balaban J connectivity index is 2.59. The zero-order valence-corrected chi connectivity index (χ0v) is 11.6. The summed E-state index contributed by atoms with van der Waals surface area (Å²) >= 11 is 0. The van der Waals surface area contributed by atoms with Gasteiger partial charge in [-0.2, -0.15) is 0 Å². The normalized spacial score (nSPS) is 13.6. The molecule has 0 aliphatic carbocycles. The van der Waals surface area contributed by atoms with Gasteiger partial charge in [-0.15, -0.1) is 0 Å². The molecule has 1 rings (SSSR count). The van der Waals surface area contributed by atoms with Crippen LogP contribution in [0.4, 0.5) is 10.1 Å². The Morgan fingerprint density at radius 2 is 2.00 bits per heavy atom. The van der Waals surface area contributed by atoms with E-state index in [9.17, 15) is 19.3 Å². The summed E-state index contributed by atoms with van der Waals surface area (Å²) in [7, 11) is 0. The third-order valence-electron chi connectivity index (χ3n) is 3.06. The number of hydrogen-bond donors (Lipinski definition) is 1. The highest BCUT2D eigenvalue weighted by Gasteiger charge is 2.19. The lowest BCUT2D eigenvalue weighted by Gasteiger charge is -2.16. The van der Waals surface area contributed by atoms with Crippen molar-refractivity contribution in [3.05, 3.63) is 39.9 Å². The average molecular weight is 282 g/mol. The van der Waals surface area contributed by atoms with Crippen LogP contribution < -0.4 is 5.32 Å². The first-order chi connectivity index (χ1) is 9.45. The van der Waals surface area contributed by atoms with Crippen LogP contribution in [-0.4, -0.2) is 17.0 Å². The largest absolute Gasteiger partial charge is 0.347 e. The highest BCUT2D eigenvalue weighted by molar-refractivity contribution is 5.80. The second-order valence-electron chi connectivity index (χ2n) is 4.69. The van der Waals surface area contributed by atoms with Gasteiger partial charge >= 0.3 is 0 Å². The number of nitrogens with one attached hydrogen (secondary N) is 1. The van der Waals surface area contributed by atoms with Gasteiger partial charge in [-0.05, 0) is 18.9 Å². The van der Waals surface area contributed by atoms with Crippen molar-refractivity contribution >= 4 is 11.6 Å². The number of carbonyl (C=O) groups excluding carboxylic acids is 1. The van der Waals surface area contributed by atoms with Crippen LogP contribution in [0.3, 0.4) is 0 Å². The summed E-state index contributed by atoms with van der Waals surface area (Å²) in [6.45, 7) is 3.65. The quantitative estimate of drug-likeness (QED) is 0.616. The SMILES string of the molecule is CCCC[C@@H](F)C(=O)N[C@@H](C)c1ccc([N+](=O)[O-])cc1. The molecule has 1 amide bonds. The maximum absolute atomic E-state index is 13.5. The molecule has 0 bridgehead atoms. The third kappa shape index (κ3) is 4.60. The van der Waals surface area contributed by atoms with Gasteiger partial charge in [0, 0.05) is 12.1 Å². The molecule has 0 aliphatic heterocycles. The van der Waals surface area contributed by atoms with Gasteiger partial charge in [0.15, 0.2) is 6.17 Å². The molecule has 0 radical (unpaired) electrons. The van der Waals surface area contributed by atoms with Crippen molar-refractivity contribution < 1.29 is 14.1 Å². The molecule has 20 heavy (non-hydrogen) atoms. The summed E-state index contributed by atoms with van der Waals surface area (Å²) in [4.78, 5) is 21.7. The zero-order chi connectivity index (χ0) is 15.1. The standard InChI is InChI=1S/C14H19FN2O3/c1-3-4-5-13(15)14(18)16-10(2)11-6-8-12(9-7-11)17(19)20/h6-10,13H,3-5H2,1-2H3,(H,16,18)/t10-,13+/m0/s1. The monoisotopic (exact) mass is 282 g/mol. The van der Waals surface area contributed by atoms with E-state index in [-0.39, 0.29) is 18.2 Å². The molecule has 2 atom stereocenters. The predicted molar refractivity (Wildman–Crippen MR) is 74.1 cm³/mol. The van der Waals surface area contributed by atoms with E-state index in [1.165, 1.54) is 12.1 Å². The summed E-state index contributed by atoms with van der Waals surface area (Å²) in [5, 5.41) is 13.1. The lowest BCUT2D eigenvalue weighted by Crippen LogP contribution is -2.33. The number of alkyl halides is 1. The summed E-state index contributed by atoms with van der Waals surface area (Å²) in [5.41, 5.74) is 0.685. The van der Waals surface area contributed by atoms with Gasteiger partial charge in [0.05, 0.1) is 11.0 Å². The Morgan fingerprint density at radius 3 is 2.50 bits per heavy atom. The molecule has 0 aromatic heterocycles. The van der Waals surface area contributed by atoms with Gasteiger partial charge in [0.25, 0.3) is 11.6 Å². The lowest BCUT2D eigenvalue weighted by molar-refractivity contribution is -0.384. The van der Waals surface area contributed by atoms with Crippen molar-refractivity contribution in [3.8, 4) is 0 Å². The molecule has 0 fully saturated rings. The van der Waals surface area contributed by atoms with Crippen LogP contribution in [0, 0.1) is 10.1 Å². The number of carbonyl (C=O) groups is 1. The van der Waals surface area contributed by atoms with E-state index in [0.29, 0.717) is 12.0 Å². The summed E-state index contributed by atoms with van der Waals surface area (Å²) in [6.07, 6.45) is 0.219. The van der Waals surface area contributed by atoms with Crippen LogP contribution in [0.1, 0.15) is 44.7 Å². The molecule has 1 aromatic rings. The van der Waals surface area contributed by atoms with Crippen LogP contribution in [0.15, 0.2) is 24.3 Å². The first kappa shape index (κ1) is 16.1. The second kappa shape index (κ2) is 7.57. The Kier molecular flexibility index (Phi) is 6.09. The molecule has 0 heterocycles. The smallest absolute Gasteiger partial charge is 0.269 e. The van der Waals surface area contributed by atoms with Crippen LogP contribution in [-0.2, 0) is 4.79 Å². The molecule has 0 aliphatic rings. The average Bonchev–Trinajstić information content (AvgIpc) is 2.44. The summed E-state index contributed by atoms with van der Waals surface area (Å²) < 4.78 is 13.5. The molecular weight excluding hydrogens is 263 g/mol. The lowest BCUT2D eigenvalue weighted by atomic mass is 10.1. The fraction of sp³-hybridized carbons (Fsp3) is 0.500. The third-order valence-corrected chi connectivity index (χ3v) is 3.06. The van der Waals surface area contributed by atoms with E-state index in [0.717, 1.165) is 6.42 Å². The van der Waals surface area contributed by atoms with E-state index in [1.54, 1.807) is 19.1 Å². The Morgan fingerprint density at radius 1 is 1.40 bits per heavy atom. The maximum atomic E-state index is 13.5. The van der Waals surface area contributed by atoms with Gasteiger partial charge in [0.1, 0.15) is 0 Å². The van der Waals surface area contributed by atoms with Gasteiger partial charge in [0.2, 0.25) is 0 Å². The van der Waals surface area contributed by atoms with Crippen LogP contribution >= 0.6 is 0 Å². The fourth-order valence-corrected chi connectivity index (χ4v) is 1.79. The molecule has 1 N–H and O–H groups in total. The number of rotatable bonds is 7. The highest BCUT2D eigenvalue weighted by Crippen LogP contribution is 2.18. The maximum Gasteiger partial charge on any atom is 0.269 e. The Bertz CT molecular complexity index is 462. The van der Waals surface area contributed by atoms with Gasteiger partial charge < -0.3 is 5.32 Å². The highest BCUT2D eigenvalue weighted by atomic mass is 19.1. The molecule has 0 saturated heterocycles. The summed E-state index contributed by atoms with van der Waals surface area (Å²) in [5.74, 6) is -0.635. The van der Waals surface area contributed by atoms with Crippen molar-refractivity contribution in [2.24, 2.45) is 0 Å². The number of unbranched alkanes of at least 4 members (excludes halogenated alkanes) is 1. The number of nitro groups is 1.